The Kier molecular flexibility index (Phi) is 11.2. The number of hydrogen-bond acceptors (Lipinski definition) is 5. The van der Waals surface area contributed by atoms with E-state index in [1.807, 2.05) is 30.3 Å². The normalized spacial score (nSPS) is 11.4. The lowest BCUT2D eigenvalue weighted by atomic mass is 10.1. The van der Waals surface area contributed by atoms with Crippen molar-refractivity contribution in [3.05, 3.63) is 71.3 Å². The maximum absolute atomic E-state index is 12.6. The Morgan fingerprint density at radius 1 is 0.935 bits per heavy atom. The highest BCUT2D eigenvalue weighted by Gasteiger charge is 2.23. The van der Waals surface area contributed by atoms with Gasteiger partial charge in [-0.3, -0.25) is 4.79 Å². The highest BCUT2D eigenvalue weighted by atomic mass is 35.5. The molecule has 1 unspecified atom stereocenters. The molecule has 0 heterocycles. The van der Waals surface area contributed by atoms with Crippen molar-refractivity contribution < 1.29 is 23.8 Å². The molecular formula is C24H26ClNO5. The number of carbonyl (C=O) groups is 2. The third-order valence-electron chi connectivity index (χ3n) is 4.25. The summed E-state index contributed by atoms with van der Waals surface area (Å²) in [5.41, 5.74) is 1.98. The third-order valence-corrected chi connectivity index (χ3v) is 4.41. The van der Waals surface area contributed by atoms with Crippen molar-refractivity contribution in [3.63, 3.8) is 0 Å². The van der Waals surface area contributed by atoms with Crippen LogP contribution in [0.5, 0.6) is 0 Å². The number of halogens is 1. The van der Waals surface area contributed by atoms with Crippen LogP contribution in [0.4, 0.5) is 0 Å². The van der Waals surface area contributed by atoms with E-state index in [1.54, 1.807) is 24.3 Å². The second-order valence-corrected chi connectivity index (χ2v) is 6.90. The van der Waals surface area contributed by atoms with Crippen LogP contribution in [0.15, 0.2) is 54.6 Å². The van der Waals surface area contributed by atoms with Crippen molar-refractivity contribution in [1.82, 2.24) is 5.32 Å². The van der Waals surface area contributed by atoms with Crippen LogP contribution in [-0.2, 0) is 25.4 Å². The predicted octanol–water partition coefficient (Wildman–Crippen LogP) is 2.82. The summed E-state index contributed by atoms with van der Waals surface area (Å²) in [6, 6.07) is 15.2. The van der Waals surface area contributed by atoms with Crippen LogP contribution < -0.4 is 5.32 Å². The Labute approximate surface area is 187 Å². The van der Waals surface area contributed by atoms with Crippen LogP contribution in [0, 0.1) is 12.3 Å². The first-order valence-corrected chi connectivity index (χ1v) is 10.5. The molecule has 6 nitrogen and oxygen atoms in total. The summed E-state index contributed by atoms with van der Waals surface area (Å²) in [5, 5.41) is 2.76. The summed E-state index contributed by atoms with van der Waals surface area (Å²) in [7, 11) is 0. The minimum absolute atomic E-state index is 0.0758. The molecule has 7 heteroatoms. The second-order valence-electron chi connectivity index (χ2n) is 6.52. The van der Waals surface area contributed by atoms with Gasteiger partial charge in [-0.15, -0.1) is 18.0 Å². The van der Waals surface area contributed by atoms with E-state index in [-0.39, 0.29) is 19.1 Å². The summed E-state index contributed by atoms with van der Waals surface area (Å²) in [4.78, 5) is 25.3. The van der Waals surface area contributed by atoms with Crippen molar-refractivity contribution in [1.29, 1.82) is 0 Å². The number of terminal acetylenes is 1. The first-order valence-electron chi connectivity index (χ1n) is 9.93. The molecule has 0 saturated carbocycles. The molecule has 0 fully saturated rings. The highest BCUT2D eigenvalue weighted by molar-refractivity contribution is 6.17. The van der Waals surface area contributed by atoms with Gasteiger partial charge in [-0.2, -0.15) is 0 Å². The van der Waals surface area contributed by atoms with Gasteiger partial charge in [0.05, 0.1) is 26.4 Å². The Hall–Kier alpha value is -2.85. The first-order chi connectivity index (χ1) is 15.1. The van der Waals surface area contributed by atoms with Crippen LogP contribution in [0.3, 0.4) is 0 Å². The van der Waals surface area contributed by atoms with Crippen LogP contribution >= 0.6 is 11.6 Å². The highest BCUT2D eigenvalue weighted by Crippen LogP contribution is 2.08. The van der Waals surface area contributed by atoms with Gasteiger partial charge < -0.3 is 19.5 Å². The number of amides is 1. The lowest BCUT2D eigenvalue weighted by Gasteiger charge is -2.18. The second kappa shape index (κ2) is 14.2. The average Bonchev–Trinajstić information content (AvgIpc) is 2.81. The van der Waals surface area contributed by atoms with Crippen molar-refractivity contribution in [2.24, 2.45) is 0 Å². The van der Waals surface area contributed by atoms with Crippen LogP contribution in [0.2, 0.25) is 0 Å². The number of nitrogens with one attached hydrogen (secondary N) is 1. The van der Waals surface area contributed by atoms with Gasteiger partial charge in [-0.25, -0.2) is 4.79 Å². The van der Waals surface area contributed by atoms with Gasteiger partial charge in [0.1, 0.15) is 12.6 Å². The van der Waals surface area contributed by atoms with E-state index in [4.69, 9.17) is 32.2 Å². The quantitative estimate of drug-likeness (QED) is 0.223. The number of alkyl halides is 1. The molecule has 2 rings (SSSR count). The molecule has 2 aromatic rings. The SMILES string of the molecule is C#Cc1ccc(C(=O)NC(Cc2ccccc2)C(=O)OCCOCCOCCCl)cc1. The molecule has 1 N–H and O–H groups in total. The fourth-order valence-electron chi connectivity index (χ4n) is 2.68. The number of ether oxygens (including phenoxy) is 3. The lowest BCUT2D eigenvalue weighted by molar-refractivity contribution is -0.147. The Morgan fingerprint density at radius 2 is 1.58 bits per heavy atom. The van der Waals surface area contributed by atoms with E-state index in [2.05, 4.69) is 11.2 Å². The fraction of sp³-hybridized carbons (Fsp3) is 0.333. The van der Waals surface area contributed by atoms with Gasteiger partial charge in [0.2, 0.25) is 0 Å². The molecule has 0 bridgehead atoms. The van der Waals surface area contributed by atoms with Gasteiger partial charge in [0.25, 0.3) is 5.91 Å². The zero-order valence-corrected chi connectivity index (χ0v) is 18.0. The minimum Gasteiger partial charge on any atom is -0.462 e. The predicted molar refractivity (Wildman–Crippen MR) is 119 cm³/mol. The summed E-state index contributed by atoms with van der Waals surface area (Å²) in [6.07, 6.45) is 5.65. The Morgan fingerprint density at radius 3 is 2.23 bits per heavy atom. The number of hydrogen-bond donors (Lipinski definition) is 1. The molecule has 1 amide bonds. The topological polar surface area (TPSA) is 73.9 Å². The summed E-state index contributed by atoms with van der Waals surface area (Å²) >= 11 is 5.51. The Bertz CT molecular complexity index is 849. The standard InChI is InChI=1S/C24H26ClNO5/c1-2-19-8-10-21(11-9-19)23(27)26-22(18-20-6-4-3-5-7-20)24(28)31-17-16-30-15-14-29-13-12-25/h1,3-11,22H,12-18H2,(H,26,27). The van der Waals surface area contributed by atoms with Gasteiger partial charge in [0, 0.05) is 23.4 Å². The van der Waals surface area contributed by atoms with Crippen LogP contribution in [-0.4, -0.2) is 56.8 Å². The zero-order chi connectivity index (χ0) is 22.3. The Balaban J connectivity index is 1.90. The van der Waals surface area contributed by atoms with E-state index in [9.17, 15) is 9.59 Å². The van der Waals surface area contributed by atoms with Crippen molar-refractivity contribution in [2.75, 3.05) is 38.9 Å². The molecule has 0 aliphatic carbocycles. The number of benzene rings is 2. The summed E-state index contributed by atoms with van der Waals surface area (Å²) < 4.78 is 15.9. The van der Waals surface area contributed by atoms with Crippen LogP contribution in [0.25, 0.3) is 0 Å². The molecule has 0 spiro atoms. The van der Waals surface area contributed by atoms with Crippen molar-refractivity contribution in [3.8, 4) is 12.3 Å². The van der Waals surface area contributed by atoms with Crippen molar-refractivity contribution >= 4 is 23.5 Å². The van der Waals surface area contributed by atoms with E-state index in [1.165, 1.54) is 0 Å². The van der Waals surface area contributed by atoms with E-state index in [0.29, 0.717) is 43.2 Å². The first kappa shape index (κ1) is 24.4. The number of carbonyl (C=O) groups excluding carboxylic acids is 2. The molecule has 2 aromatic carbocycles. The molecule has 164 valence electrons. The van der Waals surface area contributed by atoms with Gasteiger partial charge in [-0.1, -0.05) is 36.3 Å². The average molecular weight is 444 g/mol. The molecule has 31 heavy (non-hydrogen) atoms. The van der Waals surface area contributed by atoms with Gasteiger partial charge in [-0.05, 0) is 29.8 Å². The zero-order valence-electron chi connectivity index (χ0n) is 17.2. The molecule has 0 saturated heterocycles. The monoisotopic (exact) mass is 443 g/mol. The van der Waals surface area contributed by atoms with Gasteiger partial charge >= 0.3 is 5.97 Å². The fourth-order valence-corrected chi connectivity index (χ4v) is 2.79. The summed E-state index contributed by atoms with van der Waals surface area (Å²) in [6.45, 7) is 1.58. The molecule has 0 aliphatic heterocycles. The lowest BCUT2D eigenvalue weighted by Crippen LogP contribution is -2.43. The summed E-state index contributed by atoms with van der Waals surface area (Å²) in [5.74, 6) is 2.02. The van der Waals surface area contributed by atoms with E-state index < -0.39 is 12.0 Å². The molecule has 0 radical (unpaired) electrons. The molecule has 1 atom stereocenters. The number of rotatable bonds is 13. The van der Waals surface area contributed by atoms with Crippen molar-refractivity contribution in [2.45, 2.75) is 12.5 Å². The third kappa shape index (κ3) is 9.22. The molecular weight excluding hydrogens is 418 g/mol. The number of esters is 1. The maximum Gasteiger partial charge on any atom is 0.329 e. The largest absolute Gasteiger partial charge is 0.462 e. The van der Waals surface area contributed by atoms with E-state index in [0.717, 1.165) is 5.56 Å². The molecule has 0 aliphatic rings. The maximum atomic E-state index is 12.6. The van der Waals surface area contributed by atoms with Gasteiger partial charge in [0.15, 0.2) is 0 Å². The van der Waals surface area contributed by atoms with Crippen LogP contribution in [0.1, 0.15) is 21.5 Å². The van der Waals surface area contributed by atoms with E-state index >= 15 is 0 Å². The molecule has 0 aromatic heterocycles. The minimum atomic E-state index is -0.839. The smallest absolute Gasteiger partial charge is 0.329 e.